The number of likely N-dealkylation sites (tertiary alicyclic amines) is 1. The summed E-state index contributed by atoms with van der Waals surface area (Å²) < 4.78 is 0. The Morgan fingerprint density at radius 1 is 1.62 bits per heavy atom. The molecule has 1 saturated heterocycles. The first-order chi connectivity index (χ1) is 6.11. The molecule has 1 rings (SSSR count). The van der Waals surface area contributed by atoms with Crippen molar-refractivity contribution in [3.8, 4) is 0 Å². The molecule has 0 aliphatic carbocycles. The molecule has 13 heavy (non-hydrogen) atoms. The fourth-order valence-electron chi connectivity index (χ4n) is 1.70. The van der Waals surface area contributed by atoms with Crippen molar-refractivity contribution in [1.29, 1.82) is 0 Å². The zero-order valence-corrected chi connectivity index (χ0v) is 8.22. The van der Waals surface area contributed by atoms with E-state index in [0.29, 0.717) is 18.0 Å². The highest BCUT2D eigenvalue weighted by atomic mass is 32.1. The van der Waals surface area contributed by atoms with E-state index in [1.807, 2.05) is 0 Å². The van der Waals surface area contributed by atoms with Gasteiger partial charge in [0.05, 0.1) is 4.99 Å². The van der Waals surface area contributed by atoms with Crippen molar-refractivity contribution < 1.29 is 9.90 Å². The number of nitrogens with two attached hydrogens (primary N) is 1. The zero-order valence-electron chi connectivity index (χ0n) is 7.40. The molecular weight excluding hydrogens is 188 g/mol. The SMILES string of the molecule is NC(=S)C[C@@H]1CCCCN1C(=O)O. The number of rotatable bonds is 2. The van der Waals surface area contributed by atoms with Crippen LogP contribution in [0.4, 0.5) is 4.79 Å². The summed E-state index contributed by atoms with van der Waals surface area (Å²) in [5.41, 5.74) is 5.40. The van der Waals surface area contributed by atoms with Gasteiger partial charge in [-0.2, -0.15) is 0 Å². The van der Waals surface area contributed by atoms with Gasteiger partial charge in [-0.15, -0.1) is 0 Å². The van der Waals surface area contributed by atoms with E-state index in [2.05, 4.69) is 0 Å². The zero-order chi connectivity index (χ0) is 9.84. The molecule has 74 valence electrons. The van der Waals surface area contributed by atoms with Gasteiger partial charge in [-0.3, -0.25) is 0 Å². The highest BCUT2D eigenvalue weighted by Gasteiger charge is 2.26. The fraction of sp³-hybridized carbons (Fsp3) is 0.750. The molecule has 0 aromatic heterocycles. The van der Waals surface area contributed by atoms with Gasteiger partial charge in [0.15, 0.2) is 0 Å². The molecule has 1 aliphatic heterocycles. The van der Waals surface area contributed by atoms with E-state index >= 15 is 0 Å². The Morgan fingerprint density at radius 3 is 2.85 bits per heavy atom. The van der Waals surface area contributed by atoms with E-state index in [4.69, 9.17) is 23.1 Å². The summed E-state index contributed by atoms with van der Waals surface area (Å²) >= 11 is 4.77. The van der Waals surface area contributed by atoms with Crippen LogP contribution in [0, 0.1) is 0 Å². The number of piperidine rings is 1. The van der Waals surface area contributed by atoms with Crippen molar-refractivity contribution in [2.75, 3.05) is 6.54 Å². The molecule has 3 N–H and O–H groups in total. The third kappa shape index (κ3) is 2.84. The molecule has 1 aliphatic rings. The largest absolute Gasteiger partial charge is 0.465 e. The number of amides is 1. The van der Waals surface area contributed by atoms with Crippen LogP contribution in [-0.2, 0) is 0 Å². The predicted octanol–water partition coefficient (Wildman–Crippen LogP) is 1.20. The standard InChI is InChI=1S/C8H14N2O2S/c9-7(13)5-6-3-1-2-4-10(6)8(11)12/h6H,1-5H2,(H2,9,13)(H,11,12)/t6-/m0/s1. The topological polar surface area (TPSA) is 66.6 Å². The molecule has 1 heterocycles. The van der Waals surface area contributed by atoms with Crippen LogP contribution < -0.4 is 5.73 Å². The third-order valence-electron chi connectivity index (χ3n) is 2.31. The molecule has 0 spiro atoms. The first-order valence-corrected chi connectivity index (χ1v) is 4.80. The second kappa shape index (κ2) is 4.41. The number of carboxylic acid groups (broad SMARTS) is 1. The average molecular weight is 202 g/mol. The van der Waals surface area contributed by atoms with Crippen LogP contribution >= 0.6 is 12.2 Å². The van der Waals surface area contributed by atoms with Gasteiger partial charge in [-0.25, -0.2) is 4.79 Å². The Balaban J connectivity index is 2.56. The van der Waals surface area contributed by atoms with Crippen LogP contribution in [0.15, 0.2) is 0 Å². The second-order valence-corrected chi connectivity index (χ2v) is 3.82. The lowest BCUT2D eigenvalue weighted by molar-refractivity contribution is 0.109. The van der Waals surface area contributed by atoms with Crippen molar-refractivity contribution >= 4 is 23.3 Å². The first kappa shape index (κ1) is 10.2. The van der Waals surface area contributed by atoms with Gasteiger partial charge in [0.25, 0.3) is 0 Å². The van der Waals surface area contributed by atoms with Crippen molar-refractivity contribution in [2.24, 2.45) is 5.73 Å². The molecule has 1 fully saturated rings. The summed E-state index contributed by atoms with van der Waals surface area (Å²) in [5, 5.41) is 8.86. The van der Waals surface area contributed by atoms with Crippen molar-refractivity contribution in [3.63, 3.8) is 0 Å². The average Bonchev–Trinajstić information content (AvgIpc) is 2.03. The van der Waals surface area contributed by atoms with Gasteiger partial charge < -0.3 is 15.7 Å². The normalized spacial score (nSPS) is 22.8. The minimum absolute atomic E-state index is 0.00347. The number of thiocarbonyl (C=S) groups is 1. The quantitative estimate of drug-likeness (QED) is 0.660. The van der Waals surface area contributed by atoms with Crippen LogP contribution in [0.3, 0.4) is 0 Å². The summed E-state index contributed by atoms with van der Waals surface area (Å²) in [7, 11) is 0. The van der Waals surface area contributed by atoms with Crippen LogP contribution in [0.2, 0.25) is 0 Å². The molecular formula is C8H14N2O2S. The lowest BCUT2D eigenvalue weighted by Gasteiger charge is -2.33. The van der Waals surface area contributed by atoms with Crippen LogP contribution in [0.5, 0.6) is 0 Å². The van der Waals surface area contributed by atoms with Gasteiger partial charge in [0.1, 0.15) is 0 Å². The maximum Gasteiger partial charge on any atom is 0.407 e. The van der Waals surface area contributed by atoms with Crippen LogP contribution in [-0.4, -0.2) is 33.7 Å². The maximum absolute atomic E-state index is 10.8. The molecule has 0 aromatic rings. The van der Waals surface area contributed by atoms with Gasteiger partial charge in [0, 0.05) is 19.0 Å². The van der Waals surface area contributed by atoms with Crippen molar-refractivity contribution in [3.05, 3.63) is 0 Å². The Bertz CT molecular complexity index is 220. The number of nitrogens with zero attached hydrogens (tertiary/aromatic N) is 1. The minimum atomic E-state index is -0.860. The molecule has 5 heteroatoms. The van der Waals surface area contributed by atoms with E-state index in [0.717, 1.165) is 19.3 Å². The molecule has 1 amide bonds. The highest BCUT2D eigenvalue weighted by Crippen LogP contribution is 2.19. The van der Waals surface area contributed by atoms with E-state index < -0.39 is 6.09 Å². The van der Waals surface area contributed by atoms with E-state index in [1.165, 1.54) is 4.90 Å². The Labute approximate surface area is 82.7 Å². The van der Waals surface area contributed by atoms with Crippen LogP contribution in [0.25, 0.3) is 0 Å². The van der Waals surface area contributed by atoms with Crippen LogP contribution in [0.1, 0.15) is 25.7 Å². The summed E-state index contributed by atoms with van der Waals surface area (Å²) in [5.74, 6) is 0. The second-order valence-electron chi connectivity index (χ2n) is 3.30. The Morgan fingerprint density at radius 2 is 2.31 bits per heavy atom. The van der Waals surface area contributed by atoms with Gasteiger partial charge >= 0.3 is 6.09 Å². The van der Waals surface area contributed by atoms with Crippen molar-refractivity contribution in [1.82, 2.24) is 4.90 Å². The number of carbonyl (C=O) groups is 1. The molecule has 0 unspecified atom stereocenters. The van der Waals surface area contributed by atoms with E-state index in [1.54, 1.807) is 0 Å². The molecule has 0 aromatic carbocycles. The Kier molecular flexibility index (Phi) is 3.48. The summed E-state index contributed by atoms with van der Waals surface area (Å²) in [4.78, 5) is 12.6. The first-order valence-electron chi connectivity index (χ1n) is 4.39. The molecule has 0 bridgehead atoms. The lowest BCUT2D eigenvalue weighted by Crippen LogP contribution is -2.44. The Hall–Kier alpha value is -0.840. The summed E-state index contributed by atoms with van der Waals surface area (Å²) in [6.07, 6.45) is 2.54. The van der Waals surface area contributed by atoms with Gasteiger partial charge in [0.2, 0.25) is 0 Å². The molecule has 0 saturated carbocycles. The number of hydrogen-bond acceptors (Lipinski definition) is 2. The third-order valence-corrected chi connectivity index (χ3v) is 2.48. The van der Waals surface area contributed by atoms with Gasteiger partial charge in [-0.05, 0) is 19.3 Å². The minimum Gasteiger partial charge on any atom is -0.465 e. The fourth-order valence-corrected chi connectivity index (χ4v) is 1.89. The van der Waals surface area contributed by atoms with Gasteiger partial charge in [-0.1, -0.05) is 12.2 Å². The summed E-state index contributed by atoms with van der Waals surface area (Å²) in [6.45, 7) is 0.614. The maximum atomic E-state index is 10.8. The molecule has 1 atom stereocenters. The molecule has 0 radical (unpaired) electrons. The smallest absolute Gasteiger partial charge is 0.407 e. The highest BCUT2D eigenvalue weighted by molar-refractivity contribution is 7.80. The van der Waals surface area contributed by atoms with E-state index in [9.17, 15) is 4.79 Å². The monoisotopic (exact) mass is 202 g/mol. The lowest BCUT2D eigenvalue weighted by atomic mass is 10.00. The number of hydrogen-bond donors (Lipinski definition) is 2. The predicted molar refractivity (Wildman–Crippen MR) is 53.8 cm³/mol. The molecule has 4 nitrogen and oxygen atoms in total. The summed E-state index contributed by atoms with van der Waals surface area (Å²) in [6, 6.07) is 0.00347. The van der Waals surface area contributed by atoms with Crippen molar-refractivity contribution in [2.45, 2.75) is 31.7 Å². The van der Waals surface area contributed by atoms with E-state index in [-0.39, 0.29) is 6.04 Å².